The van der Waals surface area contributed by atoms with Crippen LogP contribution in [0.1, 0.15) is 12.8 Å². The van der Waals surface area contributed by atoms with E-state index in [1.807, 2.05) is 0 Å². The molecule has 11 nitrogen and oxygen atoms in total. The zero-order chi connectivity index (χ0) is 28.2. The average Bonchev–Trinajstić information content (AvgIpc) is 2.89. The number of sulfonamides is 1. The largest absolute Gasteiger partial charge is 0.426 e. The molecule has 2 aromatic carbocycles. The van der Waals surface area contributed by atoms with Gasteiger partial charge in [0.1, 0.15) is 16.4 Å². The van der Waals surface area contributed by atoms with Crippen LogP contribution in [0.3, 0.4) is 0 Å². The van der Waals surface area contributed by atoms with Gasteiger partial charge in [-0.1, -0.05) is 23.2 Å². The Morgan fingerprint density at radius 1 is 0.769 bits per heavy atom. The average molecular weight is 588 g/mol. The summed E-state index contributed by atoms with van der Waals surface area (Å²) in [5.74, 6) is -1.03. The predicted molar refractivity (Wildman–Crippen MR) is 143 cm³/mol. The Bertz CT molecular complexity index is 1650. The van der Waals surface area contributed by atoms with Crippen molar-refractivity contribution in [3.8, 4) is 33.9 Å². The van der Waals surface area contributed by atoms with Crippen LogP contribution in [0.2, 0.25) is 10.0 Å². The molecule has 2 aromatic heterocycles. The minimum absolute atomic E-state index is 0.0815. The molecule has 0 unspecified atom stereocenters. The molecule has 0 saturated heterocycles. The molecule has 0 aliphatic carbocycles. The van der Waals surface area contributed by atoms with E-state index < -0.39 is 22.0 Å². The fraction of sp³-hybridized carbons (Fsp3) is 0.0800. The lowest BCUT2D eigenvalue weighted by molar-refractivity contribution is -0.140. The van der Waals surface area contributed by atoms with Gasteiger partial charge in [0, 0.05) is 45.3 Å². The molecule has 0 saturated carbocycles. The van der Waals surface area contributed by atoms with Gasteiger partial charge in [-0.25, -0.2) is 23.5 Å². The number of rotatable bonds is 8. The number of nitrogens with zero attached hydrogens (tertiary/aromatic N) is 3. The zero-order valence-corrected chi connectivity index (χ0v) is 22.2. The number of ether oxygens (including phenoxy) is 2. The summed E-state index contributed by atoms with van der Waals surface area (Å²) in [6, 6.07) is 11.8. The van der Waals surface area contributed by atoms with Gasteiger partial charge in [-0.3, -0.25) is 14.6 Å². The third-order valence-electron chi connectivity index (χ3n) is 5.19. The van der Waals surface area contributed by atoms with Crippen molar-refractivity contribution in [1.82, 2.24) is 15.0 Å². The van der Waals surface area contributed by atoms with E-state index in [1.165, 1.54) is 48.8 Å². The molecule has 39 heavy (non-hydrogen) atoms. The number of carbonyl (C=O) groups is 2. The highest BCUT2D eigenvalue weighted by atomic mass is 35.5. The summed E-state index contributed by atoms with van der Waals surface area (Å²) in [4.78, 5) is 36.9. The minimum atomic E-state index is -3.94. The van der Waals surface area contributed by atoms with Crippen LogP contribution in [0.25, 0.3) is 22.4 Å². The fourth-order valence-electron chi connectivity index (χ4n) is 3.34. The summed E-state index contributed by atoms with van der Waals surface area (Å²) >= 11 is 12.2. The Kier molecular flexibility index (Phi) is 8.41. The fourth-order valence-corrected chi connectivity index (χ4v) is 4.15. The van der Waals surface area contributed by atoms with Crippen LogP contribution in [0.5, 0.6) is 11.5 Å². The Morgan fingerprint density at radius 2 is 1.31 bits per heavy atom. The molecule has 4 rings (SSSR count). The van der Waals surface area contributed by atoms with E-state index in [-0.39, 0.29) is 40.9 Å². The number of hydrogen-bond acceptors (Lipinski definition) is 10. The van der Waals surface area contributed by atoms with Crippen molar-refractivity contribution in [1.29, 1.82) is 0 Å². The first-order valence-electron chi connectivity index (χ1n) is 11.1. The molecule has 0 amide bonds. The summed E-state index contributed by atoms with van der Waals surface area (Å²) in [6.07, 6.45) is 3.41. The number of nitrogens with two attached hydrogens (primary N) is 2. The minimum Gasteiger partial charge on any atom is -0.426 e. The summed E-state index contributed by atoms with van der Waals surface area (Å²) in [6.45, 7) is 0. The predicted octanol–water partition coefficient (Wildman–Crippen LogP) is 4.03. The zero-order valence-electron chi connectivity index (χ0n) is 19.9. The number of benzene rings is 2. The molecular weight excluding hydrogens is 569 g/mol. The highest BCUT2D eigenvalue weighted by molar-refractivity contribution is 7.89. The number of esters is 2. The van der Waals surface area contributed by atoms with E-state index >= 15 is 0 Å². The van der Waals surface area contributed by atoms with Crippen molar-refractivity contribution in [3.05, 3.63) is 77.2 Å². The number of halogens is 2. The summed E-state index contributed by atoms with van der Waals surface area (Å²) in [5.41, 5.74) is 7.14. The summed E-state index contributed by atoms with van der Waals surface area (Å²) < 4.78 is 33.9. The van der Waals surface area contributed by atoms with E-state index in [0.29, 0.717) is 26.7 Å². The summed E-state index contributed by atoms with van der Waals surface area (Å²) in [7, 11) is -3.94. The molecule has 200 valence electrons. The van der Waals surface area contributed by atoms with Crippen molar-refractivity contribution in [2.24, 2.45) is 5.14 Å². The monoisotopic (exact) mass is 587 g/mol. The summed E-state index contributed by atoms with van der Waals surface area (Å²) in [5, 5.41) is 5.84. The number of hydrogen-bond donors (Lipinski definition) is 2. The molecule has 0 fully saturated rings. The topological polar surface area (TPSA) is 177 Å². The molecule has 0 aliphatic heterocycles. The second kappa shape index (κ2) is 11.7. The number of carbonyl (C=O) groups excluding carboxylic acids is 2. The normalized spacial score (nSPS) is 11.2. The highest BCUT2D eigenvalue weighted by Crippen LogP contribution is 2.34. The first-order valence-corrected chi connectivity index (χ1v) is 13.4. The second-order valence-corrected chi connectivity index (χ2v) is 10.4. The lowest BCUT2D eigenvalue weighted by atomic mass is 10.1. The number of aromatic nitrogens is 3. The van der Waals surface area contributed by atoms with Crippen molar-refractivity contribution < 1.29 is 27.5 Å². The molecule has 4 aromatic rings. The van der Waals surface area contributed by atoms with E-state index in [1.54, 1.807) is 12.1 Å². The van der Waals surface area contributed by atoms with Gasteiger partial charge in [-0.15, -0.1) is 0 Å². The Morgan fingerprint density at radius 3 is 1.82 bits per heavy atom. The standard InChI is InChI=1S/C25H19Cl2N5O6S/c26-15-1-5-21(18(9-15)14-11-31-25(28)32-12-14)37-23(33)7-8-24(34)38-22-6-2-16(27)10-19(22)20-4-3-17(13-30-20)39(29,35)36/h1-6,9-13H,7-8H2,(H2,28,31,32)(H2,29,35,36). The number of primary sulfonamides is 1. The van der Waals surface area contributed by atoms with Crippen LogP contribution >= 0.6 is 23.2 Å². The van der Waals surface area contributed by atoms with Gasteiger partial charge in [-0.05, 0) is 48.5 Å². The quantitative estimate of drug-likeness (QED) is 0.226. The van der Waals surface area contributed by atoms with Crippen LogP contribution in [-0.2, 0) is 19.6 Å². The van der Waals surface area contributed by atoms with E-state index in [9.17, 15) is 18.0 Å². The van der Waals surface area contributed by atoms with E-state index in [4.69, 9.17) is 43.5 Å². The lowest BCUT2D eigenvalue weighted by Crippen LogP contribution is -2.15. The van der Waals surface area contributed by atoms with Crippen LogP contribution in [0.15, 0.2) is 72.0 Å². The van der Waals surface area contributed by atoms with Gasteiger partial charge >= 0.3 is 11.9 Å². The van der Waals surface area contributed by atoms with Crippen molar-refractivity contribution in [2.45, 2.75) is 17.7 Å². The third-order valence-corrected chi connectivity index (χ3v) is 6.56. The van der Waals surface area contributed by atoms with Gasteiger partial charge in [0.05, 0.1) is 18.5 Å². The van der Waals surface area contributed by atoms with Crippen molar-refractivity contribution in [3.63, 3.8) is 0 Å². The van der Waals surface area contributed by atoms with Gasteiger partial charge < -0.3 is 15.2 Å². The molecule has 0 aliphatic rings. The molecule has 0 radical (unpaired) electrons. The molecule has 2 heterocycles. The van der Waals surface area contributed by atoms with Crippen molar-refractivity contribution in [2.75, 3.05) is 5.73 Å². The second-order valence-electron chi connectivity index (χ2n) is 7.98. The smallest absolute Gasteiger partial charge is 0.311 e. The molecule has 14 heteroatoms. The van der Waals surface area contributed by atoms with Crippen LogP contribution in [0, 0.1) is 0 Å². The van der Waals surface area contributed by atoms with Crippen LogP contribution in [-0.4, -0.2) is 35.3 Å². The number of nitrogen functional groups attached to an aromatic ring is 1. The highest BCUT2D eigenvalue weighted by Gasteiger charge is 2.18. The van der Waals surface area contributed by atoms with Gasteiger partial charge in [0.25, 0.3) is 0 Å². The third kappa shape index (κ3) is 7.27. The maximum atomic E-state index is 12.6. The molecule has 0 spiro atoms. The van der Waals surface area contributed by atoms with E-state index in [2.05, 4.69) is 15.0 Å². The Labute approximate surface area is 232 Å². The van der Waals surface area contributed by atoms with Gasteiger partial charge in [-0.2, -0.15) is 0 Å². The van der Waals surface area contributed by atoms with Gasteiger partial charge in [0.2, 0.25) is 16.0 Å². The number of pyridine rings is 1. The molecule has 0 atom stereocenters. The van der Waals surface area contributed by atoms with Crippen LogP contribution < -0.4 is 20.3 Å². The Balaban J connectivity index is 1.44. The number of anilines is 1. The van der Waals surface area contributed by atoms with Crippen LogP contribution in [0.4, 0.5) is 5.95 Å². The maximum absolute atomic E-state index is 12.6. The van der Waals surface area contributed by atoms with Gasteiger partial charge in [0.15, 0.2) is 0 Å². The Hall–Kier alpha value is -4.10. The molecule has 0 bridgehead atoms. The lowest BCUT2D eigenvalue weighted by Gasteiger charge is -2.12. The first kappa shape index (κ1) is 27.9. The first-order chi connectivity index (χ1) is 18.5. The maximum Gasteiger partial charge on any atom is 0.311 e. The molecular formula is C25H19Cl2N5O6S. The van der Waals surface area contributed by atoms with Crippen molar-refractivity contribution >= 4 is 51.1 Å². The van der Waals surface area contributed by atoms with E-state index in [0.717, 1.165) is 6.20 Å². The SMILES string of the molecule is Nc1ncc(-c2cc(Cl)ccc2OC(=O)CCC(=O)Oc2ccc(Cl)cc2-c2ccc(S(N)(=O)=O)cn2)cn1. The molecule has 4 N–H and O–H groups in total.